The summed E-state index contributed by atoms with van der Waals surface area (Å²) in [5.74, 6) is -0.137. The topological polar surface area (TPSA) is 82.5 Å². The number of rotatable bonds is 7. The third kappa shape index (κ3) is 4.46. The van der Waals surface area contributed by atoms with E-state index in [1.165, 1.54) is 4.90 Å². The van der Waals surface area contributed by atoms with Crippen LogP contribution in [0.5, 0.6) is 11.5 Å². The van der Waals surface area contributed by atoms with Gasteiger partial charge >= 0.3 is 0 Å². The number of hydrogen-bond donors (Lipinski definition) is 1. The van der Waals surface area contributed by atoms with Crippen LogP contribution in [-0.2, 0) is 9.59 Å². The fourth-order valence-corrected chi connectivity index (χ4v) is 4.36. The largest absolute Gasteiger partial charge is 0.507 e. The number of fused-ring (bicyclic) bond motifs is 1. The van der Waals surface area contributed by atoms with E-state index in [2.05, 4.69) is 0 Å². The number of carbonyl (C=O) groups is 2. The SMILES string of the molecule is CCOc1cccc(C2/C(=C(/O)c3ccc4c(c3)N(C)CCO4)C(=O)C(=O)N2CCN(C)C)c1. The number of aliphatic hydroxyl groups is 1. The molecule has 2 aliphatic heterocycles. The van der Waals surface area contributed by atoms with Crippen molar-refractivity contribution in [3.05, 3.63) is 59.2 Å². The Morgan fingerprint density at radius 1 is 1.21 bits per heavy atom. The van der Waals surface area contributed by atoms with E-state index in [0.29, 0.717) is 43.2 Å². The molecular formula is C26H31N3O5. The molecule has 0 saturated carbocycles. The first-order chi connectivity index (χ1) is 16.3. The Balaban J connectivity index is 1.83. The number of ether oxygens (including phenoxy) is 2. The predicted octanol–water partition coefficient (Wildman–Crippen LogP) is 2.90. The van der Waals surface area contributed by atoms with Crippen molar-refractivity contribution in [3.8, 4) is 11.5 Å². The second-order valence-corrected chi connectivity index (χ2v) is 8.75. The molecule has 1 N–H and O–H groups in total. The van der Waals surface area contributed by atoms with Crippen LogP contribution in [0.3, 0.4) is 0 Å². The monoisotopic (exact) mass is 465 g/mol. The molecule has 1 unspecified atom stereocenters. The minimum Gasteiger partial charge on any atom is -0.507 e. The van der Waals surface area contributed by atoms with Crippen molar-refractivity contribution < 1.29 is 24.2 Å². The molecule has 1 atom stereocenters. The van der Waals surface area contributed by atoms with Gasteiger partial charge in [0, 0.05) is 25.7 Å². The standard InChI is InChI=1S/C26H31N3O5/c1-5-33-19-8-6-7-17(15-19)23-22(25(31)26(32)29(23)12-11-27(2)3)24(30)18-9-10-21-20(16-18)28(4)13-14-34-21/h6-10,15-16,23,30H,5,11-14H2,1-4H3/b24-22-. The lowest BCUT2D eigenvalue weighted by Crippen LogP contribution is -2.35. The molecular weight excluding hydrogens is 434 g/mol. The number of benzene rings is 2. The van der Waals surface area contributed by atoms with Gasteiger partial charge < -0.3 is 29.3 Å². The van der Waals surface area contributed by atoms with E-state index < -0.39 is 17.7 Å². The molecule has 2 aromatic rings. The number of hydrogen-bond acceptors (Lipinski definition) is 7. The molecule has 1 amide bonds. The van der Waals surface area contributed by atoms with Gasteiger partial charge in [0.1, 0.15) is 23.9 Å². The van der Waals surface area contributed by atoms with E-state index in [4.69, 9.17) is 9.47 Å². The third-order valence-corrected chi connectivity index (χ3v) is 6.14. The molecule has 0 aliphatic carbocycles. The van der Waals surface area contributed by atoms with Gasteiger partial charge in [-0.1, -0.05) is 12.1 Å². The number of anilines is 1. The van der Waals surface area contributed by atoms with Gasteiger partial charge in [0.2, 0.25) is 0 Å². The molecule has 34 heavy (non-hydrogen) atoms. The Morgan fingerprint density at radius 2 is 2.00 bits per heavy atom. The van der Waals surface area contributed by atoms with E-state index in [1.54, 1.807) is 18.2 Å². The van der Waals surface area contributed by atoms with E-state index in [1.807, 2.05) is 62.1 Å². The number of nitrogens with zero attached hydrogens (tertiary/aromatic N) is 3. The minimum atomic E-state index is -0.717. The number of Topliss-reactive ketones (excluding diaryl/α,β-unsaturated/α-hetero) is 1. The Bertz CT molecular complexity index is 1130. The van der Waals surface area contributed by atoms with Crippen molar-refractivity contribution in [2.45, 2.75) is 13.0 Å². The molecule has 180 valence electrons. The van der Waals surface area contributed by atoms with Gasteiger partial charge in [-0.3, -0.25) is 9.59 Å². The van der Waals surface area contributed by atoms with Crippen LogP contribution in [0.4, 0.5) is 5.69 Å². The summed E-state index contributed by atoms with van der Waals surface area (Å²) in [7, 11) is 5.77. The molecule has 0 radical (unpaired) electrons. The van der Waals surface area contributed by atoms with Crippen molar-refractivity contribution >= 4 is 23.1 Å². The van der Waals surface area contributed by atoms with E-state index in [9.17, 15) is 14.7 Å². The Hall–Kier alpha value is -3.52. The van der Waals surface area contributed by atoms with Crippen LogP contribution < -0.4 is 14.4 Å². The third-order valence-electron chi connectivity index (χ3n) is 6.14. The molecule has 8 heteroatoms. The minimum absolute atomic E-state index is 0.0803. The molecule has 2 aromatic carbocycles. The molecule has 0 spiro atoms. The maximum Gasteiger partial charge on any atom is 0.295 e. The molecule has 2 heterocycles. The summed E-state index contributed by atoms with van der Waals surface area (Å²) in [6.45, 7) is 4.62. The van der Waals surface area contributed by atoms with Gasteiger partial charge in [-0.2, -0.15) is 0 Å². The number of carbonyl (C=O) groups excluding carboxylic acids is 2. The first-order valence-corrected chi connectivity index (χ1v) is 11.5. The molecule has 8 nitrogen and oxygen atoms in total. The molecule has 1 fully saturated rings. The van der Waals surface area contributed by atoms with Crippen LogP contribution >= 0.6 is 0 Å². The maximum atomic E-state index is 13.2. The predicted molar refractivity (Wildman–Crippen MR) is 130 cm³/mol. The van der Waals surface area contributed by atoms with Crippen molar-refractivity contribution in [1.82, 2.24) is 9.80 Å². The smallest absolute Gasteiger partial charge is 0.295 e. The van der Waals surface area contributed by atoms with Crippen LogP contribution in [0.1, 0.15) is 24.1 Å². The molecule has 0 bridgehead atoms. The summed E-state index contributed by atoms with van der Waals surface area (Å²) in [6.07, 6.45) is 0. The number of amides is 1. The van der Waals surface area contributed by atoms with Crippen LogP contribution in [0.2, 0.25) is 0 Å². The van der Waals surface area contributed by atoms with Gasteiger partial charge in [0.25, 0.3) is 11.7 Å². The van der Waals surface area contributed by atoms with Crippen molar-refractivity contribution in [1.29, 1.82) is 0 Å². The molecule has 1 saturated heterocycles. The van der Waals surface area contributed by atoms with Crippen LogP contribution in [0.15, 0.2) is 48.0 Å². The van der Waals surface area contributed by atoms with Gasteiger partial charge in [-0.15, -0.1) is 0 Å². The highest BCUT2D eigenvalue weighted by atomic mass is 16.5. The summed E-state index contributed by atoms with van der Waals surface area (Å²) < 4.78 is 11.4. The zero-order valence-corrected chi connectivity index (χ0v) is 20.1. The average Bonchev–Trinajstić information content (AvgIpc) is 3.07. The second-order valence-electron chi connectivity index (χ2n) is 8.75. The summed E-state index contributed by atoms with van der Waals surface area (Å²) in [5.41, 5.74) is 2.08. The fourth-order valence-electron chi connectivity index (χ4n) is 4.36. The summed E-state index contributed by atoms with van der Waals surface area (Å²) in [5, 5.41) is 11.4. The van der Waals surface area contributed by atoms with Gasteiger partial charge in [0.05, 0.1) is 30.5 Å². The number of ketones is 1. The average molecular weight is 466 g/mol. The fraction of sp³-hybridized carbons (Fsp3) is 0.385. The lowest BCUT2D eigenvalue weighted by Gasteiger charge is -2.28. The number of likely N-dealkylation sites (tertiary alicyclic amines) is 1. The van der Waals surface area contributed by atoms with E-state index in [-0.39, 0.29) is 11.3 Å². The first kappa shape index (κ1) is 23.6. The number of likely N-dealkylation sites (N-methyl/N-ethyl adjacent to an activating group) is 2. The lowest BCUT2D eigenvalue weighted by atomic mass is 9.94. The summed E-state index contributed by atoms with van der Waals surface area (Å²) in [6, 6.07) is 11.9. The Labute approximate surface area is 200 Å². The zero-order valence-electron chi connectivity index (χ0n) is 20.1. The highest BCUT2D eigenvalue weighted by molar-refractivity contribution is 6.46. The summed E-state index contributed by atoms with van der Waals surface area (Å²) >= 11 is 0. The Morgan fingerprint density at radius 3 is 2.74 bits per heavy atom. The quantitative estimate of drug-likeness (QED) is 0.383. The lowest BCUT2D eigenvalue weighted by molar-refractivity contribution is -0.140. The Kier molecular flexibility index (Phi) is 6.79. The maximum absolute atomic E-state index is 13.2. The summed E-state index contributed by atoms with van der Waals surface area (Å²) in [4.78, 5) is 31.9. The van der Waals surface area contributed by atoms with Gasteiger partial charge in [-0.05, 0) is 56.9 Å². The van der Waals surface area contributed by atoms with E-state index >= 15 is 0 Å². The molecule has 0 aromatic heterocycles. The van der Waals surface area contributed by atoms with Gasteiger partial charge in [0.15, 0.2) is 0 Å². The van der Waals surface area contributed by atoms with Crippen molar-refractivity contribution in [3.63, 3.8) is 0 Å². The van der Waals surface area contributed by atoms with E-state index in [0.717, 1.165) is 18.0 Å². The van der Waals surface area contributed by atoms with Crippen molar-refractivity contribution in [2.75, 3.05) is 58.9 Å². The molecule has 2 aliphatic rings. The first-order valence-electron chi connectivity index (χ1n) is 11.5. The normalized spacial score (nSPS) is 19.4. The highest BCUT2D eigenvalue weighted by Crippen LogP contribution is 2.41. The second kappa shape index (κ2) is 9.77. The molecule has 4 rings (SSSR count). The highest BCUT2D eigenvalue weighted by Gasteiger charge is 2.46. The number of aliphatic hydroxyl groups excluding tert-OH is 1. The van der Waals surface area contributed by atoms with Crippen LogP contribution in [0, 0.1) is 0 Å². The van der Waals surface area contributed by atoms with Gasteiger partial charge in [-0.25, -0.2) is 0 Å². The van der Waals surface area contributed by atoms with Crippen molar-refractivity contribution in [2.24, 2.45) is 0 Å². The zero-order chi connectivity index (χ0) is 24.4. The van der Waals surface area contributed by atoms with Crippen LogP contribution in [0.25, 0.3) is 5.76 Å². The van der Waals surface area contributed by atoms with Crippen LogP contribution in [-0.4, -0.2) is 80.6 Å².